The monoisotopic (exact) mass is 359 g/mol. The fraction of sp³-hybridized carbons (Fsp3) is 0.526. The maximum absolute atomic E-state index is 12.3. The average molecular weight is 359 g/mol. The first-order chi connectivity index (χ1) is 12.1. The van der Waals surface area contributed by atoms with Gasteiger partial charge in [-0.25, -0.2) is 17.7 Å². The van der Waals surface area contributed by atoms with Gasteiger partial charge in [0.1, 0.15) is 5.82 Å². The van der Waals surface area contributed by atoms with Crippen LogP contribution in [-0.2, 0) is 10.0 Å². The minimum absolute atomic E-state index is 0.113. The van der Waals surface area contributed by atoms with Crippen molar-refractivity contribution in [1.29, 1.82) is 0 Å². The third-order valence-corrected chi connectivity index (χ3v) is 7.79. The number of hydrogen-bond acceptors (Lipinski definition) is 4. The van der Waals surface area contributed by atoms with Gasteiger partial charge >= 0.3 is 0 Å². The van der Waals surface area contributed by atoms with E-state index in [0.29, 0.717) is 12.5 Å². The van der Waals surface area contributed by atoms with Crippen LogP contribution >= 0.6 is 0 Å². The molecule has 1 aliphatic heterocycles. The molecule has 4 rings (SSSR count). The molecule has 1 aliphatic carbocycles. The van der Waals surface area contributed by atoms with Gasteiger partial charge in [-0.15, -0.1) is 0 Å². The zero-order valence-electron chi connectivity index (χ0n) is 14.6. The maximum Gasteiger partial charge on any atom is 0.216 e. The highest BCUT2D eigenvalue weighted by atomic mass is 32.2. The molecule has 6 heteroatoms. The summed E-state index contributed by atoms with van der Waals surface area (Å²) in [5, 5.41) is 2.29. The average Bonchev–Trinajstić information content (AvgIpc) is 3.47. The van der Waals surface area contributed by atoms with Crippen molar-refractivity contribution in [2.75, 3.05) is 31.6 Å². The van der Waals surface area contributed by atoms with Gasteiger partial charge in [-0.2, -0.15) is 0 Å². The van der Waals surface area contributed by atoms with Crippen LogP contribution < -0.4 is 4.90 Å². The van der Waals surface area contributed by atoms with Gasteiger partial charge in [0.25, 0.3) is 0 Å². The predicted octanol–water partition coefficient (Wildman–Crippen LogP) is 2.88. The van der Waals surface area contributed by atoms with Crippen LogP contribution in [0.5, 0.6) is 0 Å². The smallest absolute Gasteiger partial charge is 0.216 e. The summed E-state index contributed by atoms with van der Waals surface area (Å²) in [6.45, 7) is 2.52. The number of sulfonamides is 1. The zero-order chi connectivity index (χ0) is 17.4. The number of rotatable bonds is 5. The second-order valence-corrected chi connectivity index (χ2v) is 9.63. The highest BCUT2D eigenvalue weighted by molar-refractivity contribution is 7.90. The first kappa shape index (κ1) is 16.8. The first-order valence-corrected chi connectivity index (χ1v) is 10.6. The number of benzene rings is 1. The number of anilines is 1. The molecule has 1 saturated carbocycles. The third-order valence-electron chi connectivity index (χ3n) is 5.46. The largest absolute Gasteiger partial charge is 0.356 e. The van der Waals surface area contributed by atoms with Crippen LogP contribution in [0.2, 0.25) is 0 Å². The summed E-state index contributed by atoms with van der Waals surface area (Å²) >= 11 is 0. The third kappa shape index (κ3) is 3.37. The molecule has 0 spiro atoms. The lowest BCUT2D eigenvalue weighted by molar-refractivity contribution is 0.327. The van der Waals surface area contributed by atoms with Crippen molar-refractivity contribution in [2.45, 2.75) is 30.9 Å². The normalized spacial score (nSPS) is 19.7. The minimum atomic E-state index is -3.05. The van der Waals surface area contributed by atoms with Gasteiger partial charge in [0.15, 0.2) is 0 Å². The number of pyridine rings is 1. The molecule has 0 N–H and O–H groups in total. The summed E-state index contributed by atoms with van der Waals surface area (Å²) in [5.74, 6) is 1.49. The summed E-state index contributed by atoms with van der Waals surface area (Å²) in [6, 6.07) is 10.4. The number of hydrogen-bond donors (Lipinski definition) is 0. The second kappa shape index (κ2) is 6.57. The Kier molecular flexibility index (Phi) is 4.41. The van der Waals surface area contributed by atoms with Gasteiger partial charge in [-0.3, -0.25) is 0 Å². The van der Waals surface area contributed by atoms with Crippen molar-refractivity contribution in [3.63, 3.8) is 0 Å². The van der Waals surface area contributed by atoms with E-state index in [2.05, 4.69) is 34.1 Å². The Hall–Kier alpha value is -1.66. The summed E-state index contributed by atoms with van der Waals surface area (Å²) in [5.41, 5.74) is 0. The van der Waals surface area contributed by atoms with Gasteiger partial charge in [0.05, 0.1) is 5.25 Å². The van der Waals surface area contributed by atoms with Gasteiger partial charge in [-0.05, 0) is 43.1 Å². The summed E-state index contributed by atoms with van der Waals surface area (Å²) < 4.78 is 26.2. The summed E-state index contributed by atoms with van der Waals surface area (Å²) in [7, 11) is -1.31. The van der Waals surface area contributed by atoms with Crippen molar-refractivity contribution < 1.29 is 8.42 Å². The molecule has 0 atom stereocenters. The van der Waals surface area contributed by atoms with Crippen LogP contribution in [0, 0.1) is 5.92 Å². The fourth-order valence-electron chi connectivity index (χ4n) is 3.77. The Bertz CT molecular complexity index is 851. The molecule has 2 aromatic rings. The second-order valence-electron chi connectivity index (χ2n) is 7.31. The van der Waals surface area contributed by atoms with Crippen molar-refractivity contribution >= 4 is 26.6 Å². The summed E-state index contributed by atoms with van der Waals surface area (Å²) in [4.78, 5) is 6.95. The fourth-order valence-corrected chi connectivity index (χ4v) is 5.43. The molecule has 1 aromatic carbocycles. The van der Waals surface area contributed by atoms with E-state index >= 15 is 0 Å². The Labute approximate surface area is 149 Å². The van der Waals surface area contributed by atoms with E-state index in [0.717, 1.165) is 44.6 Å². The van der Waals surface area contributed by atoms with Gasteiger partial charge in [0, 0.05) is 38.3 Å². The van der Waals surface area contributed by atoms with E-state index < -0.39 is 10.0 Å². The Morgan fingerprint density at radius 2 is 1.84 bits per heavy atom. The maximum atomic E-state index is 12.3. The van der Waals surface area contributed by atoms with Crippen LogP contribution in [0.15, 0.2) is 36.5 Å². The Morgan fingerprint density at radius 1 is 1.12 bits per heavy atom. The number of piperidine rings is 1. The van der Waals surface area contributed by atoms with Gasteiger partial charge in [0.2, 0.25) is 10.0 Å². The Morgan fingerprint density at radius 3 is 2.56 bits per heavy atom. The van der Waals surface area contributed by atoms with Crippen LogP contribution in [0.1, 0.15) is 25.7 Å². The molecule has 5 nitrogen and oxygen atoms in total. The molecule has 1 saturated heterocycles. The van der Waals surface area contributed by atoms with Crippen LogP contribution in [0.25, 0.3) is 10.8 Å². The molecular formula is C19H25N3O2S. The van der Waals surface area contributed by atoms with Gasteiger partial charge in [-0.1, -0.05) is 24.3 Å². The molecule has 0 bridgehead atoms. The van der Waals surface area contributed by atoms with E-state index in [1.165, 1.54) is 10.8 Å². The van der Waals surface area contributed by atoms with E-state index in [-0.39, 0.29) is 5.25 Å². The van der Waals surface area contributed by atoms with Gasteiger partial charge < -0.3 is 4.90 Å². The number of nitrogens with zero attached hydrogens (tertiary/aromatic N) is 3. The zero-order valence-corrected chi connectivity index (χ0v) is 15.5. The number of aromatic nitrogens is 1. The van der Waals surface area contributed by atoms with Crippen LogP contribution in [0.4, 0.5) is 5.82 Å². The lowest BCUT2D eigenvalue weighted by Gasteiger charge is -2.34. The van der Waals surface area contributed by atoms with Crippen LogP contribution in [0.3, 0.4) is 0 Å². The van der Waals surface area contributed by atoms with Crippen molar-refractivity contribution in [3.8, 4) is 0 Å². The SMILES string of the molecule is CN(CC1CCN(c2nccc3ccccc23)CC1)S(=O)(=O)C1CC1. The van der Waals surface area contributed by atoms with Crippen molar-refractivity contribution in [2.24, 2.45) is 5.92 Å². The molecular weight excluding hydrogens is 334 g/mol. The van der Waals surface area contributed by atoms with E-state index in [9.17, 15) is 8.42 Å². The van der Waals surface area contributed by atoms with E-state index in [4.69, 9.17) is 0 Å². The molecule has 1 aromatic heterocycles. The lowest BCUT2D eigenvalue weighted by Crippen LogP contribution is -2.40. The van der Waals surface area contributed by atoms with Crippen LogP contribution in [-0.4, -0.2) is 49.6 Å². The number of fused-ring (bicyclic) bond motifs is 1. The molecule has 2 fully saturated rings. The first-order valence-electron chi connectivity index (χ1n) is 9.09. The predicted molar refractivity (Wildman–Crippen MR) is 101 cm³/mol. The standard InChI is InChI=1S/C19H25N3O2S/c1-21(25(23,24)17-6-7-17)14-15-9-12-22(13-10-15)19-18-5-3-2-4-16(18)8-11-20-19/h2-5,8,11,15,17H,6-7,9-10,12-14H2,1H3. The topological polar surface area (TPSA) is 53.5 Å². The Balaban J connectivity index is 1.41. The molecule has 0 unspecified atom stereocenters. The van der Waals surface area contributed by atoms with Crippen molar-refractivity contribution in [1.82, 2.24) is 9.29 Å². The van der Waals surface area contributed by atoms with Crippen molar-refractivity contribution in [3.05, 3.63) is 36.5 Å². The molecule has 2 aliphatic rings. The van der Waals surface area contributed by atoms with E-state index in [1.54, 1.807) is 11.4 Å². The molecule has 25 heavy (non-hydrogen) atoms. The highest BCUT2D eigenvalue weighted by Gasteiger charge is 2.39. The molecule has 0 radical (unpaired) electrons. The molecule has 0 amide bonds. The quantitative estimate of drug-likeness (QED) is 0.824. The summed E-state index contributed by atoms with van der Waals surface area (Å²) in [6.07, 6.45) is 5.56. The van der Waals surface area contributed by atoms with E-state index in [1.807, 2.05) is 12.3 Å². The molecule has 2 heterocycles. The lowest BCUT2D eigenvalue weighted by atomic mass is 9.96. The molecule has 134 valence electrons. The highest BCUT2D eigenvalue weighted by Crippen LogP contribution is 2.32. The minimum Gasteiger partial charge on any atom is -0.356 e.